The highest BCUT2D eigenvalue weighted by atomic mass is 32.1. The number of hydrogen-bond acceptors (Lipinski definition) is 3. The van der Waals surface area contributed by atoms with Crippen molar-refractivity contribution in [1.82, 2.24) is 5.32 Å². The molecule has 1 N–H and O–H groups in total. The zero-order chi connectivity index (χ0) is 12.3. The van der Waals surface area contributed by atoms with Gasteiger partial charge in [-0.25, -0.2) is 0 Å². The lowest BCUT2D eigenvalue weighted by Crippen LogP contribution is -2.30. The minimum absolute atomic E-state index is 0.430. The number of rotatable bonds is 5. The predicted molar refractivity (Wildman–Crippen MR) is 73.6 cm³/mol. The SMILES string of the molecule is CCc1ccc(C(NC)C2CCOC2CC)s1. The fourth-order valence-electron chi connectivity index (χ4n) is 2.79. The summed E-state index contributed by atoms with van der Waals surface area (Å²) in [4.78, 5) is 2.95. The first-order chi connectivity index (χ1) is 8.30. The summed E-state index contributed by atoms with van der Waals surface area (Å²) in [7, 11) is 2.07. The van der Waals surface area contributed by atoms with Crippen LogP contribution >= 0.6 is 11.3 Å². The molecule has 1 aromatic rings. The van der Waals surface area contributed by atoms with Crippen molar-refractivity contribution in [2.24, 2.45) is 5.92 Å². The monoisotopic (exact) mass is 253 g/mol. The summed E-state index contributed by atoms with van der Waals surface area (Å²) in [5.74, 6) is 0.633. The molecule has 0 aliphatic carbocycles. The Kier molecular flexibility index (Phi) is 4.60. The van der Waals surface area contributed by atoms with Gasteiger partial charge in [-0.1, -0.05) is 13.8 Å². The van der Waals surface area contributed by atoms with Gasteiger partial charge in [-0.3, -0.25) is 0 Å². The fraction of sp³-hybridized carbons (Fsp3) is 0.714. The van der Waals surface area contributed by atoms with Crippen molar-refractivity contribution >= 4 is 11.3 Å². The van der Waals surface area contributed by atoms with E-state index in [1.54, 1.807) is 0 Å². The van der Waals surface area contributed by atoms with Crippen LogP contribution in [0.3, 0.4) is 0 Å². The Bertz CT molecular complexity index is 350. The maximum Gasteiger partial charge on any atom is 0.0620 e. The highest BCUT2D eigenvalue weighted by Gasteiger charge is 2.34. The Balaban J connectivity index is 2.14. The van der Waals surface area contributed by atoms with Crippen molar-refractivity contribution in [3.63, 3.8) is 0 Å². The maximum atomic E-state index is 5.82. The van der Waals surface area contributed by atoms with Crippen LogP contribution in [0.4, 0.5) is 0 Å². The second kappa shape index (κ2) is 5.98. The van der Waals surface area contributed by atoms with E-state index in [0.29, 0.717) is 18.1 Å². The van der Waals surface area contributed by atoms with Gasteiger partial charge in [0.1, 0.15) is 0 Å². The standard InChI is InChI=1S/C14H23NOS/c1-4-10-6-7-13(17-10)14(15-3)11-8-9-16-12(11)5-2/h6-7,11-12,14-15H,4-5,8-9H2,1-3H3. The lowest BCUT2D eigenvalue weighted by molar-refractivity contribution is 0.0786. The van der Waals surface area contributed by atoms with Crippen molar-refractivity contribution in [1.29, 1.82) is 0 Å². The van der Waals surface area contributed by atoms with Crippen LogP contribution in [0.1, 0.15) is 42.5 Å². The summed E-state index contributed by atoms with van der Waals surface area (Å²) in [6.45, 7) is 5.37. The number of thiophene rings is 1. The normalized spacial score (nSPS) is 26.3. The van der Waals surface area contributed by atoms with Gasteiger partial charge in [0.2, 0.25) is 0 Å². The lowest BCUT2D eigenvalue weighted by atomic mass is 9.90. The van der Waals surface area contributed by atoms with Gasteiger partial charge >= 0.3 is 0 Å². The van der Waals surface area contributed by atoms with E-state index in [4.69, 9.17) is 4.74 Å². The molecule has 3 heteroatoms. The fourth-order valence-corrected chi connectivity index (χ4v) is 3.92. The molecule has 2 heterocycles. The van der Waals surface area contributed by atoms with Crippen LogP contribution < -0.4 is 5.32 Å². The van der Waals surface area contributed by atoms with Gasteiger partial charge in [-0.15, -0.1) is 11.3 Å². The number of hydrogen-bond donors (Lipinski definition) is 1. The molecule has 1 aromatic heterocycles. The van der Waals surface area contributed by atoms with Gasteiger partial charge < -0.3 is 10.1 Å². The summed E-state index contributed by atoms with van der Waals surface area (Å²) in [6.07, 6.45) is 3.87. The molecule has 3 unspecified atom stereocenters. The second-order valence-corrected chi connectivity index (χ2v) is 5.89. The molecule has 2 rings (SSSR count). The van der Waals surface area contributed by atoms with Crippen molar-refractivity contribution in [3.8, 4) is 0 Å². The van der Waals surface area contributed by atoms with E-state index < -0.39 is 0 Å². The van der Waals surface area contributed by atoms with Crippen molar-refractivity contribution in [2.45, 2.75) is 45.3 Å². The van der Waals surface area contributed by atoms with E-state index in [0.717, 1.165) is 19.4 Å². The zero-order valence-electron chi connectivity index (χ0n) is 11.0. The molecule has 0 bridgehead atoms. The Morgan fingerprint density at radius 1 is 1.47 bits per heavy atom. The second-order valence-electron chi connectivity index (χ2n) is 4.69. The quantitative estimate of drug-likeness (QED) is 0.868. The van der Waals surface area contributed by atoms with E-state index in [1.807, 2.05) is 11.3 Å². The highest BCUT2D eigenvalue weighted by molar-refractivity contribution is 7.12. The van der Waals surface area contributed by atoms with E-state index >= 15 is 0 Å². The summed E-state index contributed by atoms with van der Waals surface area (Å²) >= 11 is 1.95. The molecular weight excluding hydrogens is 230 g/mol. The number of nitrogens with one attached hydrogen (secondary N) is 1. The van der Waals surface area contributed by atoms with E-state index in [-0.39, 0.29) is 0 Å². The van der Waals surface area contributed by atoms with Crippen LogP contribution in [0.15, 0.2) is 12.1 Å². The largest absolute Gasteiger partial charge is 0.378 e. The van der Waals surface area contributed by atoms with Crippen LogP contribution in [-0.4, -0.2) is 19.8 Å². The van der Waals surface area contributed by atoms with Crippen LogP contribution in [0.2, 0.25) is 0 Å². The van der Waals surface area contributed by atoms with Crippen molar-refractivity contribution < 1.29 is 4.74 Å². The molecule has 96 valence electrons. The number of aryl methyl sites for hydroxylation is 1. The van der Waals surface area contributed by atoms with Gasteiger partial charge in [-0.2, -0.15) is 0 Å². The molecule has 0 aromatic carbocycles. The smallest absolute Gasteiger partial charge is 0.0620 e. The van der Waals surface area contributed by atoms with Gasteiger partial charge in [0, 0.05) is 28.3 Å². The first kappa shape index (κ1) is 13.1. The average molecular weight is 253 g/mol. The molecule has 0 amide bonds. The summed E-state index contributed by atoms with van der Waals surface area (Å²) in [6, 6.07) is 5.02. The highest BCUT2D eigenvalue weighted by Crippen LogP contribution is 2.37. The third-order valence-corrected chi connectivity index (χ3v) is 5.05. The van der Waals surface area contributed by atoms with Crippen molar-refractivity contribution in [2.75, 3.05) is 13.7 Å². The Morgan fingerprint density at radius 2 is 2.29 bits per heavy atom. The summed E-state index contributed by atoms with van der Waals surface area (Å²) < 4.78 is 5.82. The van der Waals surface area contributed by atoms with E-state index in [1.165, 1.54) is 16.2 Å². The third kappa shape index (κ3) is 2.72. The molecule has 1 fully saturated rings. The lowest BCUT2D eigenvalue weighted by Gasteiger charge is -2.26. The van der Waals surface area contributed by atoms with Crippen LogP contribution in [0.25, 0.3) is 0 Å². The van der Waals surface area contributed by atoms with Crippen LogP contribution in [0.5, 0.6) is 0 Å². The zero-order valence-corrected chi connectivity index (χ0v) is 11.8. The van der Waals surface area contributed by atoms with Gasteiger partial charge in [-0.05, 0) is 38.4 Å². The molecule has 1 saturated heterocycles. The van der Waals surface area contributed by atoms with Crippen LogP contribution in [-0.2, 0) is 11.2 Å². The molecule has 1 aliphatic rings. The third-order valence-electron chi connectivity index (χ3n) is 3.74. The Morgan fingerprint density at radius 3 is 2.88 bits per heavy atom. The first-order valence-electron chi connectivity index (χ1n) is 6.67. The maximum absolute atomic E-state index is 5.82. The van der Waals surface area contributed by atoms with Crippen LogP contribution in [0, 0.1) is 5.92 Å². The predicted octanol–water partition coefficient (Wildman–Crippen LogP) is 3.39. The van der Waals surface area contributed by atoms with E-state index in [9.17, 15) is 0 Å². The minimum Gasteiger partial charge on any atom is -0.378 e. The number of ether oxygens (including phenoxy) is 1. The molecule has 2 nitrogen and oxygen atoms in total. The molecular formula is C14H23NOS. The summed E-state index contributed by atoms with van der Waals surface area (Å²) in [5, 5.41) is 3.49. The van der Waals surface area contributed by atoms with Gasteiger partial charge in [0.25, 0.3) is 0 Å². The molecule has 17 heavy (non-hydrogen) atoms. The average Bonchev–Trinajstić information content (AvgIpc) is 2.99. The van der Waals surface area contributed by atoms with Crippen molar-refractivity contribution in [3.05, 3.63) is 21.9 Å². The van der Waals surface area contributed by atoms with Gasteiger partial charge in [0.05, 0.1) is 6.10 Å². The van der Waals surface area contributed by atoms with Gasteiger partial charge in [0.15, 0.2) is 0 Å². The van der Waals surface area contributed by atoms with E-state index in [2.05, 4.69) is 38.3 Å². The Hall–Kier alpha value is -0.380. The molecule has 0 radical (unpaired) electrons. The topological polar surface area (TPSA) is 21.3 Å². The summed E-state index contributed by atoms with van der Waals surface area (Å²) in [5.41, 5.74) is 0. The first-order valence-corrected chi connectivity index (χ1v) is 7.49. The molecule has 1 aliphatic heterocycles. The Labute approximate surface area is 108 Å². The molecule has 0 spiro atoms. The minimum atomic E-state index is 0.430. The molecule has 0 saturated carbocycles. The molecule has 3 atom stereocenters.